The van der Waals surface area contributed by atoms with Gasteiger partial charge in [-0.05, 0) is 25.0 Å². The molecule has 0 amide bonds. The number of rotatable bonds is 4. The molecular weight excluding hydrogens is 214 g/mol. The van der Waals surface area contributed by atoms with Crippen LogP contribution in [0.4, 0.5) is 0 Å². The summed E-state index contributed by atoms with van der Waals surface area (Å²) in [5, 5.41) is 12.3. The molecule has 17 heavy (non-hydrogen) atoms. The van der Waals surface area contributed by atoms with E-state index in [4.69, 9.17) is 5.11 Å². The van der Waals surface area contributed by atoms with Crippen LogP contribution in [0.25, 0.3) is 6.08 Å². The van der Waals surface area contributed by atoms with Gasteiger partial charge >= 0.3 is 5.97 Å². The Morgan fingerprint density at radius 2 is 2.12 bits per heavy atom. The first-order chi connectivity index (χ1) is 8.00. The summed E-state index contributed by atoms with van der Waals surface area (Å²) in [6.07, 6.45) is 4.14. The quantitative estimate of drug-likeness (QED) is 0.836. The minimum atomic E-state index is -0.778. The number of hydrogen-bond acceptors (Lipinski definition) is 2. The number of benzene rings is 1. The summed E-state index contributed by atoms with van der Waals surface area (Å²) < 4.78 is 0. The molecule has 0 saturated carbocycles. The lowest BCUT2D eigenvalue weighted by Crippen LogP contribution is -2.37. The van der Waals surface area contributed by atoms with Gasteiger partial charge in [-0.3, -0.25) is 4.79 Å². The van der Waals surface area contributed by atoms with Crippen LogP contribution in [-0.4, -0.2) is 17.6 Å². The number of carboxylic acids is 1. The summed E-state index contributed by atoms with van der Waals surface area (Å²) in [6, 6.07) is 8.27. The van der Waals surface area contributed by atoms with Gasteiger partial charge in [0.1, 0.15) is 0 Å². The van der Waals surface area contributed by atoms with E-state index >= 15 is 0 Å². The molecule has 2 rings (SSSR count). The van der Waals surface area contributed by atoms with Gasteiger partial charge in [-0.15, -0.1) is 0 Å². The van der Waals surface area contributed by atoms with Crippen molar-refractivity contribution in [2.75, 3.05) is 6.54 Å². The van der Waals surface area contributed by atoms with E-state index in [0.717, 1.165) is 0 Å². The van der Waals surface area contributed by atoms with E-state index in [9.17, 15) is 4.79 Å². The Hall–Kier alpha value is -1.61. The van der Waals surface area contributed by atoms with Crippen LogP contribution in [0.5, 0.6) is 0 Å². The average Bonchev–Trinajstić information content (AvgIpc) is 2.69. The molecule has 0 heterocycles. The Morgan fingerprint density at radius 1 is 1.41 bits per heavy atom. The number of carbonyl (C=O) groups is 1. The van der Waals surface area contributed by atoms with Gasteiger partial charge in [0.2, 0.25) is 0 Å². The van der Waals surface area contributed by atoms with Crippen molar-refractivity contribution in [3.05, 3.63) is 41.5 Å². The zero-order valence-electron chi connectivity index (χ0n) is 10.1. The first kappa shape index (κ1) is 11.9. The highest BCUT2D eigenvalue weighted by atomic mass is 16.4. The number of carboxylic acid groups (broad SMARTS) is 1. The maximum atomic E-state index is 11.0. The first-order valence-corrected chi connectivity index (χ1v) is 5.74. The van der Waals surface area contributed by atoms with Crippen LogP contribution in [0.3, 0.4) is 0 Å². The molecule has 3 nitrogen and oxygen atoms in total. The van der Waals surface area contributed by atoms with Gasteiger partial charge in [0.25, 0.3) is 0 Å². The lowest BCUT2D eigenvalue weighted by Gasteiger charge is -2.22. The maximum Gasteiger partial charge on any atom is 0.310 e. The number of fused-ring (bicyclic) bond motifs is 1. The summed E-state index contributed by atoms with van der Waals surface area (Å²) in [5.74, 6) is -0.778. The van der Waals surface area contributed by atoms with Gasteiger partial charge in [0.05, 0.1) is 11.5 Å². The molecule has 1 aromatic rings. The fourth-order valence-corrected chi connectivity index (χ4v) is 1.87. The predicted octanol–water partition coefficient (Wildman–Crippen LogP) is 2.45. The normalized spacial score (nSPS) is 18.1. The van der Waals surface area contributed by atoms with Crippen molar-refractivity contribution in [3.8, 4) is 0 Å². The van der Waals surface area contributed by atoms with Crippen molar-refractivity contribution < 1.29 is 9.90 Å². The van der Waals surface area contributed by atoms with Gasteiger partial charge in [-0.2, -0.15) is 0 Å². The monoisotopic (exact) mass is 231 g/mol. The molecule has 1 aliphatic carbocycles. The zero-order chi connectivity index (χ0) is 12.5. The topological polar surface area (TPSA) is 49.3 Å². The summed E-state index contributed by atoms with van der Waals surface area (Å²) >= 11 is 0. The van der Waals surface area contributed by atoms with E-state index in [1.807, 2.05) is 12.1 Å². The third kappa shape index (κ3) is 2.39. The molecule has 0 fully saturated rings. The smallest absolute Gasteiger partial charge is 0.310 e. The van der Waals surface area contributed by atoms with Crippen molar-refractivity contribution in [2.24, 2.45) is 5.41 Å². The summed E-state index contributed by atoms with van der Waals surface area (Å²) in [4.78, 5) is 11.0. The maximum absolute atomic E-state index is 11.0. The fraction of sp³-hybridized carbons (Fsp3) is 0.357. The van der Waals surface area contributed by atoms with Crippen LogP contribution in [0.1, 0.15) is 31.0 Å². The van der Waals surface area contributed by atoms with E-state index in [1.165, 1.54) is 11.1 Å². The highest BCUT2D eigenvalue weighted by Crippen LogP contribution is 2.28. The lowest BCUT2D eigenvalue weighted by atomic mass is 9.93. The van der Waals surface area contributed by atoms with Crippen LogP contribution in [0.15, 0.2) is 30.3 Å². The van der Waals surface area contributed by atoms with Crippen LogP contribution < -0.4 is 5.32 Å². The Morgan fingerprint density at radius 3 is 2.82 bits per heavy atom. The molecule has 3 heteroatoms. The van der Waals surface area contributed by atoms with Crippen molar-refractivity contribution in [3.63, 3.8) is 0 Å². The van der Waals surface area contributed by atoms with Crippen LogP contribution >= 0.6 is 0 Å². The van der Waals surface area contributed by atoms with E-state index in [-0.39, 0.29) is 6.04 Å². The Labute approximate surface area is 101 Å². The van der Waals surface area contributed by atoms with Crippen LogP contribution in [-0.2, 0) is 4.79 Å². The van der Waals surface area contributed by atoms with Crippen molar-refractivity contribution in [2.45, 2.75) is 19.9 Å². The molecule has 0 radical (unpaired) electrons. The molecule has 0 saturated heterocycles. The lowest BCUT2D eigenvalue weighted by molar-refractivity contribution is -0.146. The molecule has 1 aliphatic rings. The molecular formula is C14H17NO2. The summed E-state index contributed by atoms with van der Waals surface area (Å²) in [7, 11) is 0. The van der Waals surface area contributed by atoms with Gasteiger partial charge in [0.15, 0.2) is 0 Å². The summed E-state index contributed by atoms with van der Waals surface area (Å²) in [6.45, 7) is 3.91. The van der Waals surface area contributed by atoms with Gasteiger partial charge in [-0.1, -0.05) is 36.4 Å². The second-order valence-corrected chi connectivity index (χ2v) is 5.04. The van der Waals surface area contributed by atoms with E-state index in [2.05, 4.69) is 29.6 Å². The van der Waals surface area contributed by atoms with Gasteiger partial charge in [0, 0.05) is 6.54 Å². The highest BCUT2D eigenvalue weighted by Gasteiger charge is 2.28. The Bertz CT molecular complexity index is 463. The van der Waals surface area contributed by atoms with Gasteiger partial charge in [-0.25, -0.2) is 0 Å². The Balaban J connectivity index is 2.04. The number of hydrogen-bond donors (Lipinski definition) is 2. The largest absolute Gasteiger partial charge is 0.481 e. The van der Waals surface area contributed by atoms with E-state index in [1.54, 1.807) is 13.8 Å². The van der Waals surface area contributed by atoms with Crippen LogP contribution in [0.2, 0.25) is 0 Å². The molecule has 0 bridgehead atoms. The van der Waals surface area contributed by atoms with Crippen molar-refractivity contribution >= 4 is 12.0 Å². The first-order valence-electron chi connectivity index (χ1n) is 5.74. The predicted molar refractivity (Wildman–Crippen MR) is 67.6 cm³/mol. The minimum absolute atomic E-state index is 0.129. The van der Waals surface area contributed by atoms with Crippen molar-refractivity contribution in [1.29, 1.82) is 0 Å². The van der Waals surface area contributed by atoms with Gasteiger partial charge < -0.3 is 10.4 Å². The zero-order valence-corrected chi connectivity index (χ0v) is 10.1. The van der Waals surface area contributed by atoms with E-state index in [0.29, 0.717) is 6.54 Å². The molecule has 2 N–H and O–H groups in total. The standard InChI is InChI=1S/C14H17NO2/c1-14(2,13(16)17)9-15-12-8-7-10-5-3-4-6-11(10)12/h3-8,12,15H,9H2,1-2H3,(H,16,17)/t12-/m0/s1. The molecule has 0 aromatic heterocycles. The molecule has 0 unspecified atom stereocenters. The Kier molecular flexibility index (Phi) is 3.03. The number of nitrogens with one attached hydrogen (secondary N) is 1. The molecule has 1 atom stereocenters. The third-order valence-corrected chi connectivity index (χ3v) is 3.14. The average molecular weight is 231 g/mol. The number of aliphatic carboxylic acids is 1. The second kappa shape index (κ2) is 4.34. The second-order valence-electron chi connectivity index (χ2n) is 5.04. The van der Waals surface area contributed by atoms with Crippen LogP contribution in [0, 0.1) is 5.41 Å². The molecule has 0 spiro atoms. The fourth-order valence-electron chi connectivity index (χ4n) is 1.87. The molecule has 1 aromatic carbocycles. The molecule has 0 aliphatic heterocycles. The SMILES string of the molecule is CC(C)(CN[C@H]1C=Cc2ccccc21)C(=O)O. The highest BCUT2D eigenvalue weighted by molar-refractivity contribution is 5.74. The van der Waals surface area contributed by atoms with E-state index < -0.39 is 11.4 Å². The summed E-state index contributed by atoms with van der Waals surface area (Å²) in [5.41, 5.74) is 1.68. The minimum Gasteiger partial charge on any atom is -0.481 e. The molecule has 90 valence electrons. The van der Waals surface area contributed by atoms with Crippen molar-refractivity contribution in [1.82, 2.24) is 5.32 Å². The third-order valence-electron chi connectivity index (χ3n) is 3.14.